The van der Waals surface area contributed by atoms with E-state index in [4.69, 9.17) is 4.42 Å². The predicted molar refractivity (Wildman–Crippen MR) is 194 cm³/mol. The first-order valence-electron chi connectivity index (χ1n) is 17.0. The van der Waals surface area contributed by atoms with E-state index in [0.717, 1.165) is 16.6 Å². The van der Waals surface area contributed by atoms with Gasteiger partial charge in [-0.1, -0.05) is 72.2 Å². The molecule has 3 heterocycles. The summed E-state index contributed by atoms with van der Waals surface area (Å²) in [4.78, 5) is 80.0. The van der Waals surface area contributed by atoms with Gasteiger partial charge in [-0.3, -0.25) is 24.0 Å². The average molecular weight is 706 g/mol. The number of benzene rings is 3. The van der Waals surface area contributed by atoms with Crippen LogP contribution < -0.4 is 32.0 Å². The average Bonchev–Trinajstić information content (AvgIpc) is 3.64. The van der Waals surface area contributed by atoms with Crippen molar-refractivity contribution in [3.05, 3.63) is 120 Å². The molecule has 6 rings (SSSR count). The summed E-state index contributed by atoms with van der Waals surface area (Å²) in [7, 11) is 1.91. The molecule has 6 N–H and O–H groups in total. The summed E-state index contributed by atoms with van der Waals surface area (Å²) < 4.78 is 5.46. The van der Waals surface area contributed by atoms with Gasteiger partial charge >= 0.3 is 5.97 Å². The molecule has 2 aliphatic rings. The third kappa shape index (κ3) is 10.9. The second-order valence-corrected chi connectivity index (χ2v) is 12.8. The van der Waals surface area contributed by atoms with Crippen LogP contribution in [0.25, 0.3) is 0 Å². The normalized spacial score (nSPS) is 20.7. The fraction of sp³-hybridized carbons (Fsp3) is 0.263. The summed E-state index contributed by atoms with van der Waals surface area (Å²) >= 11 is 0. The van der Waals surface area contributed by atoms with Gasteiger partial charge in [0.25, 0.3) is 0 Å². The number of anilines is 1. The number of carbonyl (C=O) groups excluding carboxylic acids is 5. The lowest BCUT2D eigenvalue weighted by Crippen LogP contribution is -2.59. The Morgan fingerprint density at radius 1 is 0.654 bits per heavy atom. The topological polar surface area (TPSA) is 196 Å². The third-order valence-electron chi connectivity index (χ3n) is 8.62. The predicted octanol–water partition coefficient (Wildman–Crippen LogP) is 0.565. The number of aliphatic carboxylic acids is 1. The number of hydrogen-bond donors (Lipinski definition) is 6. The number of furan rings is 1. The van der Waals surface area contributed by atoms with Crippen molar-refractivity contribution in [1.82, 2.24) is 21.3 Å². The van der Waals surface area contributed by atoms with Crippen molar-refractivity contribution in [3.8, 4) is 0 Å². The summed E-state index contributed by atoms with van der Waals surface area (Å²) in [5.41, 5.74) is 3.45. The van der Waals surface area contributed by atoms with E-state index in [9.17, 15) is 33.9 Å². The molecular weight excluding hydrogens is 665 g/mol. The van der Waals surface area contributed by atoms with Crippen LogP contribution in [-0.2, 0) is 54.5 Å². The minimum Gasteiger partial charge on any atom is -0.480 e. The van der Waals surface area contributed by atoms with Gasteiger partial charge in [0.05, 0.1) is 6.26 Å². The summed E-state index contributed by atoms with van der Waals surface area (Å²) in [6.07, 6.45) is 0.961. The van der Waals surface area contributed by atoms with E-state index in [1.165, 1.54) is 6.26 Å². The maximum absolute atomic E-state index is 14.1. The molecule has 3 aromatic carbocycles. The lowest BCUT2D eigenvalue weighted by atomic mass is 9.93. The van der Waals surface area contributed by atoms with Crippen molar-refractivity contribution < 1.29 is 38.3 Å². The van der Waals surface area contributed by atoms with Crippen LogP contribution in [0, 0.1) is 0 Å². The molecule has 0 saturated heterocycles. The van der Waals surface area contributed by atoms with Gasteiger partial charge in [-0.15, -0.1) is 0 Å². The van der Waals surface area contributed by atoms with Crippen LogP contribution in [0.1, 0.15) is 35.3 Å². The molecule has 2 bridgehead atoms. The van der Waals surface area contributed by atoms with E-state index < -0.39 is 59.7 Å². The zero-order valence-electron chi connectivity index (χ0n) is 28.6. The maximum atomic E-state index is 14.1. The van der Waals surface area contributed by atoms with Gasteiger partial charge in [-0.05, 0) is 41.0 Å². The third-order valence-corrected chi connectivity index (χ3v) is 8.62. The van der Waals surface area contributed by atoms with Crippen molar-refractivity contribution in [3.63, 3.8) is 0 Å². The van der Waals surface area contributed by atoms with Crippen molar-refractivity contribution in [2.75, 3.05) is 5.32 Å². The van der Waals surface area contributed by atoms with Crippen molar-refractivity contribution >= 4 is 54.5 Å². The number of carboxylic acids is 1. The molecule has 2 aliphatic heterocycles. The van der Waals surface area contributed by atoms with Gasteiger partial charge in [-0.25, -0.2) is 4.79 Å². The van der Waals surface area contributed by atoms with Crippen LogP contribution in [0.4, 0.5) is 5.69 Å². The number of rotatable bonds is 7. The molecule has 4 atom stereocenters. The molecule has 0 unspecified atom stereocenters. The van der Waals surface area contributed by atoms with E-state index in [1.54, 1.807) is 60.7 Å². The number of fused-ring (bicyclic) bond motifs is 18. The molecule has 5 amide bonds. The van der Waals surface area contributed by atoms with Gasteiger partial charge in [0.15, 0.2) is 0 Å². The number of nitrogens with one attached hydrogen (secondary N) is 5. The highest BCUT2D eigenvalue weighted by molar-refractivity contribution is 6.32. The van der Waals surface area contributed by atoms with Gasteiger partial charge in [0.1, 0.15) is 37.8 Å². The van der Waals surface area contributed by atoms with Crippen LogP contribution in [0.2, 0.25) is 0 Å². The van der Waals surface area contributed by atoms with Gasteiger partial charge in [0, 0.05) is 44.2 Å². The zero-order valence-corrected chi connectivity index (χ0v) is 28.6. The minimum atomic E-state index is -1.36. The highest BCUT2D eigenvalue weighted by Crippen LogP contribution is 2.14. The van der Waals surface area contributed by atoms with E-state index >= 15 is 0 Å². The minimum absolute atomic E-state index is 0.0344. The Morgan fingerprint density at radius 2 is 1.23 bits per heavy atom. The van der Waals surface area contributed by atoms with Crippen molar-refractivity contribution in [2.24, 2.45) is 0 Å². The molecule has 268 valence electrons. The van der Waals surface area contributed by atoms with Crippen LogP contribution in [-0.4, -0.2) is 72.6 Å². The van der Waals surface area contributed by atoms with E-state index in [0.29, 0.717) is 17.0 Å². The van der Waals surface area contributed by atoms with Gasteiger partial charge < -0.3 is 36.1 Å². The maximum Gasteiger partial charge on any atom is 0.326 e. The Morgan fingerprint density at radius 3 is 1.85 bits per heavy atom. The molecule has 52 heavy (non-hydrogen) atoms. The molecule has 0 radical (unpaired) electrons. The van der Waals surface area contributed by atoms with E-state index in [-0.39, 0.29) is 38.5 Å². The number of carbonyl (C=O) groups is 6. The summed E-state index contributed by atoms with van der Waals surface area (Å²) in [5.74, 6) is -4.05. The Kier molecular flexibility index (Phi) is 12.6. The van der Waals surface area contributed by atoms with E-state index in [1.807, 2.05) is 38.2 Å². The highest BCUT2D eigenvalue weighted by atomic mass is 16.4. The Bertz CT molecular complexity index is 1870. The SMILES string of the molecule is Bc1ccc(C[C@@H]2NC(=O)[C@@H](Cc3ccccc3)NC(=O)CCC(=O)Nc3ccc(cc3)C[C@H](C(=O)O)NC(=O)[C@@H](Cc3ccco3)NC2=O)cc1. The standard InChI is InChI=1S/C38H40BN5O8/c39-26-12-8-24(9-13-26)20-30-36(48)43-31(22-28-7-4-18-52-28)37(49)44-32(38(50)51)21-25-10-14-27(15-11-25)40-33(45)16-17-34(46)41-29(35(47)42-30)19-23-5-2-1-3-6-23/h1-15,18,29-32H,16-17,19-22,39H2,(H,40,45)(H,41,46)(H,42,47)(H,43,48)(H,44,49)(H,50,51)/t29-,30+,31-,32-/m1/s1. The second kappa shape index (κ2) is 17.7. The van der Waals surface area contributed by atoms with Gasteiger partial charge in [0.2, 0.25) is 29.5 Å². The molecule has 14 heteroatoms. The smallest absolute Gasteiger partial charge is 0.326 e. The summed E-state index contributed by atoms with van der Waals surface area (Å²) in [5, 5.41) is 23.5. The zero-order chi connectivity index (χ0) is 37.0. The molecular formula is C38H40BN5O8. The second-order valence-electron chi connectivity index (χ2n) is 12.8. The first-order chi connectivity index (χ1) is 25.0. The quantitative estimate of drug-likeness (QED) is 0.119. The van der Waals surface area contributed by atoms with Crippen molar-refractivity contribution in [1.29, 1.82) is 0 Å². The summed E-state index contributed by atoms with van der Waals surface area (Å²) in [6.45, 7) is 0. The molecule has 0 saturated carbocycles. The molecule has 1 aromatic heterocycles. The molecule has 13 nitrogen and oxygen atoms in total. The Labute approximate surface area is 301 Å². The summed E-state index contributed by atoms with van der Waals surface area (Å²) in [6, 6.07) is 21.1. The molecule has 4 aromatic rings. The monoisotopic (exact) mass is 705 g/mol. The fourth-order valence-corrected chi connectivity index (χ4v) is 5.76. The fourth-order valence-electron chi connectivity index (χ4n) is 5.76. The van der Waals surface area contributed by atoms with Gasteiger partial charge in [-0.2, -0.15) is 0 Å². The van der Waals surface area contributed by atoms with E-state index in [2.05, 4.69) is 26.6 Å². The van der Waals surface area contributed by atoms with Crippen LogP contribution in [0.3, 0.4) is 0 Å². The molecule has 0 fully saturated rings. The molecule has 0 aliphatic carbocycles. The van der Waals surface area contributed by atoms with Crippen LogP contribution >= 0.6 is 0 Å². The Hall–Kier alpha value is -6.18. The van der Waals surface area contributed by atoms with Crippen LogP contribution in [0.5, 0.6) is 0 Å². The largest absolute Gasteiger partial charge is 0.480 e. The van der Waals surface area contributed by atoms with Crippen molar-refractivity contribution in [2.45, 2.75) is 62.7 Å². The number of hydrogen-bond acceptors (Lipinski definition) is 7. The molecule has 0 spiro atoms. The lowest BCUT2D eigenvalue weighted by molar-refractivity contribution is -0.142. The first kappa shape index (κ1) is 37.1. The highest BCUT2D eigenvalue weighted by Gasteiger charge is 2.32. The number of carboxylic acid groups (broad SMARTS) is 1. The first-order valence-corrected chi connectivity index (χ1v) is 17.0. The van der Waals surface area contributed by atoms with Crippen LogP contribution in [0.15, 0.2) is 102 Å². The Balaban J connectivity index is 1.49. The number of amides is 5. The lowest BCUT2D eigenvalue weighted by Gasteiger charge is -2.26.